The summed E-state index contributed by atoms with van der Waals surface area (Å²) in [4.78, 5) is 16.5. The molecule has 3 rings (SSSR count). The highest BCUT2D eigenvalue weighted by Crippen LogP contribution is 2.19. The zero-order valence-corrected chi connectivity index (χ0v) is 10.7. The van der Waals surface area contributed by atoms with E-state index in [1.807, 2.05) is 36.7 Å². The number of benzene rings is 1. The van der Waals surface area contributed by atoms with Crippen molar-refractivity contribution in [2.75, 3.05) is 6.54 Å². The maximum absolute atomic E-state index is 12.0. The molecule has 0 spiro atoms. The van der Waals surface area contributed by atoms with Crippen molar-refractivity contribution in [1.82, 2.24) is 14.9 Å². The van der Waals surface area contributed by atoms with Crippen LogP contribution in [0.3, 0.4) is 0 Å². The Kier molecular flexibility index (Phi) is 2.67. The monoisotopic (exact) mass is 243 g/mol. The van der Waals surface area contributed by atoms with Gasteiger partial charge in [-0.2, -0.15) is 0 Å². The molecule has 0 amide bonds. The van der Waals surface area contributed by atoms with Gasteiger partial charge in [-0.25, -0.2) is 4.98 Å². The molecule has 1 aliphatic rings. The van der Waals surface area contributed by atoms with E-state index in [4.69, 9.17) is 0 Å². The molecule has 18 heavy (non-hydrogen) atoms. The molecule has 0 bridgehead atoms. The summed E-state index contributed by atoms with van der Waals surface area (Å²) in [5, 5.41) is 3.24. The van der Waals surface area contributed by atoms with Crippen LogP contribution in [0.5, 0.6) is 0 Å². The van der Waals surface area contributed by atoms with E-state index >= 15 is 0 Å². The predicted molar refractivity (Wildman–Crippen MR) is 70.8 cm³/mol. The summed E-state index contributed by atoms with van der Waals surface area (Å²) in [6.45, 7) is 2.40. The number of fused-ring (bicyclic) bond motifs is 1. The Morgan fingerprint density at radius 1 is 1.50 bits per heavy atom. The smallest absolute Gasteiger partial charge is 0.176 e. The van der Waals surface area contributed by atoms with Crippen molar-refractivity contribution < 1.29 is 4.79 Å². The number of Topliss-reactive ketones (excluding diaryl/α,β-unsaturated/α-hetero) is 1. The van der Waals surface area contributed by atoms with E-state index in [1.165, 1.54) is 12.8 Å². The number of rotatable bonds is 4. The standard InChI is InChI=1S/C14H17N3O/c1-9-16-12-7-10(3-6-13(12)17(9)2)14(18)8-15-11-4-5-11/h3,6-7,11,15H,4-5,8H2,1-2H3. The molecule has 1 saturated carbocycles. The number of ketones is 1. The van der Waals surface area contributed by atoms with Crippen molar-refractivity contribution >= 4 is 16.8 Å². The fourth-order valence-electron chi connectivity index (χ4n) is 2.12. The van der Waals surface area contributed by atoms with Crippen LogP contribution >= 0.6 is 0 Å². The van der Waals surface area contributed by atoms with Crippen LogP contribution in [-0.4, -0.2) is 27.9 Å². The SMILES string of the molecule is Cc1nc2cc(C(=O)CNC3CC3)ccc2n1C. The van der Waals surface area contributed by atoms with E-state index in [0.717, 1.165) is 22.4 Å². The Labute approximate surface area is 106 Å². The van der Waals surface area contributed by atoms with Crippen LogP contribution < -0.4 is 5.32 Å². The molecular weight excluding hydrogens is 226 g/mol. The summed E-state index contributed by atoms with van der Waals surface area (Å²) in [6, 6.07) is 6.31. The lowest BCUT2D eigenvalue weighted by Crippen LogP contribution is -2.24. The fraction of sp³-hybridized carbons (Fsp3) is 0.429. The van der Waals surface area contributed by atoms with Gasteiger partial charge in [0.15, 0.2) is 5.78 Å². The van der Waals surface area contributed by atoms with Gasteiger partial charge < -0.3 is 9.88 Å². The summed E-state index contributed by atoms with van der Waals surface area (Å²) in [5.74, 6) is 1.11. The Bertz CT molecular complexity index is 611. The average Bonchev–Trinajstić information content (AvgIpc) is 3.14. The van der Waals surface area contributed by atoms with Crippen LogP contribution in [0.25, 0.3) is 11.0 Å². The minimum atomic E-state index is 0.145. The van der Waals surface area contributed by atoms with Gasteiger partial charge in [0.1, 0.15) is 5.82 Å². The van der Waals surface area contributed by atoms with Gasteiger partial charge >= 0.3 is 0 Å². The molecule has 4 nitrogen and oxygen atoms in total. The maximum Gasteiger partial charge on any atom is 0.176 e. The minimum absolute atomic E-state index is 0.145. The van der Waals surface area contributed by atoms with Gasteiger partial charge in [-0.05, 0) is 38.0 Å². The molecular formula is C14H17N3O. The molecule has 1 aliphatic carbocycles. The van der Waals surface area contributed by atoms with Crippen LogP contribution in [0.2, 0.25) is 0 Å². The average molecular weight is 243 g/mol. The Hall–Kier alpha value is -1.68. The zero-order chi connectivity index (χ0) is 12.7. The predicted octanol–water partition coefficient (Wildman–Crippen LogP) is 1.82. The second kappa shape index (κ2) is 4.21. The third kappa shape index (κ3) is 2.04. The third-order valence-electron chi connectivity index (χ3n) is 3.56. The molecule has 0 saturated heterocycles. The Morgan fingerprint density at radius 3 is 3.00 bits per heavy atom. The van der Waals surface area contributed by atoms with Crippen molar-refractivity contribution in [3.63, 3.8) is 0 Å². The lowest BCUT2D eigenvalue weighted by atomic mass is 10.1. The van der Waals surface area contributed by atoms with Crippen molar-refractivity contribution in [2.45, 2.75) is 25.8 Å². The molecule has 1 aromatic carbocycles. The summed E-state index contributed by atoms with van der Waals surface area (Å²) in [6.07, 6.45) is 2.40. The second-order valence-electron chi connectivity index (χ2n) is 5.00. The van der Waals surface area contributed by atoms with E-state index < -0.39 is 0 Å². The van der Waals surface area contributed by atoms with E-state index in [1.54, 1.807) is 0 Å². The van der Waals surface area contributed by atoms with Gasteiger partial charge in [-0.1, -0.05) is 0 Å². The number of hydrogen-bond acceptors (Lipinski definition) is 3. The third-order valence-corrected chi connectivity index (χ3v) is 3.56. The second-order valence-corrected chi connectivity index (χ2v) is 5.00. The van der Waals surface area contributed by atoms with Crippen LogP contribution in [0.4, 0.5) is 0 Å². The highest BCUT2D eigenvalue weighted by Gasteiger charge is 2.21. The number of carbonyl (C=O) groups excluding carboxylic acids is 1. The van der Waals surface area contributed by atoms with E-state index in [-0.39, 0.29) is 5.78 Å². The van der Waals surface area contributed by atoms with E-state index in [0.29, 0.717) is 12.6 Å². The van der Waals surface area contributed by atoms with E-state index in [2.05, 4.69) is 10.3 Å². The number of imidazole rings is 1. The van der Waals surface area contributed by atoms with Crippen molar-refractivity contribution in [3.05, 3.63) is 29.6 Å². The van der Waals surface area contributed by atoms with Crippen LogP contribution in [-0.2, 0) is 7.05 Å². The molecule has 1 N–H and O–H groups in total. The van der Waals surface area contributed by atoms with Gasteiger partial charge in [0, 0.05) is 18.7 Å². The first kappa shape index (κ1) is 11.4. The van der Waals surface area contributed by atoms with Crippen LogP contribution in [0.1, 0.15) is 29.0 Å². The molecule has 94 valence electrons. The molecule has 0 radical (unpaired) electrons. The van der Waals surface area contributed by atoms with Crippen molar-refractivity contribution in [3.8, 4) is 0 Å². The van der Waals surface area contributed by atoms with Gasteiger partial charge in [-0.15, -0.1) is 0 Å². The van der Waals surface area contributed by atoms with Crippen LogP contribution in [0.15, 0.2) is 18.2 Å². The summed E-state index contributed by atoms with van der Waals surface area (Å²) in [5.41, 5.74) is 2.71. The summed E-state index contributed by atoms with van der Waals surface area (Å²) >= 11 is 0. The van der Waals surface area contributed by atoms with Crippen molar-refractivity contribution in [2.24, 2.45) is 7.05 Å². The first-order valence-corrected chi connectivity index (χ1v) is 6.35. The topological polar surface area (TPSA) is 46.9 Å². The first-order chi connectivity index (χ1) is 8.65. The molecule has 4 heteroatoms. The lowest BCUT2D eigenvalue weighted by Gasteiger charge is -2.03. The normalized spacial score (nSPS) is 15.2. The summed E-state index contributed by atoms with van der Waals surface area (Å²) < 4.78 is 2.03. The fourth-order valence-corrected chi connectivity index (χ4v) is 2.12. The van der Waals surface area contributed by atoms with Gasteiger partial charge in [0.25, 0.3) is 0 Å². The number of aromatic nitrogens is 2. The largest absolute Gasteiger partial charge is 0.331 e. The van der Waals surface area contributed by atoms with Gasteiger partial charge in [-0.3, -0.25) is 4.79 Å². The quantitative estimate of drug-likeness (QED) is 0.833. The molecule has 0 aliphatic heterocycles. The molecule has 0 unspecified atom stereocenters. The van der Waals surface area contributed by atoms with E-state index in [9.17, 15) is 4.79 Å². The molecule has 0 atom stereocenters. The van der Waals surface area contributed by atoms with Crippen LogP contribution in [0, 0.1) is 6.92 Å². The number of nitrogens with zero attached hydrogens (tertiary/aromatic N) is 2. The molecule has 1 aromatic heterocycles. The molecule has 2 aromatic rings. The molecule has 1 fully saturated rings. The van der Waals surface area contributed by atoms with Gasteiger partial charge in [0.05, 0.1) is 17.6 Å². The number of nitrogens with one attached hydrogen (secondary N) is 1. The number of hydrogen-bond donors (Lipinski definition) is 1. The van der Waals surface area contributed by atoms with Crippen molar-refractivity contribution in [1.29, 1.82) is 0 Å². The summed E-state index contributed by atoms with van der Waals surface area (Å²) in [7, 11) is 1.99. The minimum Gasteiger partial charge on any atom is -0.331 e. The Balaban J connectivity index is 1.85. The highest BCUT2D eigenvalue weighted by molar-refractivity contribution is 6.00. The molecule has 1 heterocycles. The number of carbonyl (C=O) groups is 1. The first-order valence-electron chi connectivity index (χ1n) is 6.35. The maximum atomic E-state index is 12.0. The highest BCUT2D eigenvalue weighted by atomic mass is 16.1. The van der Waals surface area contributed by atoms with Gasteiger partial charge in [0.2, 0.25) is 0 Å². The zero-order valence-electron chi connectivity index (χ0n) is 10.7. The lowest BCUT2D eigenvalue weighted by molar-refractivity contribution is 0.0990. The number of aryl methyl sites for hydroxylation is 2. The Morgan fingerprint density at radius 2 is 2.28 bits per heavy atom.